The molecule has 128 valence electrons. The van der Waals surface area contributed by atoms with Crippen LogP contribution in [0, 0.1) is 0 Å². The lowest BCUT2D eigenvalue weighted by Gasteiger charge is -2.19. The highest BCUT2D eigenvalue weighted by molar-refractivity contribution is 5.91. The van der Waals surface area contributed by atoms with Gasteiger partial charge in [-0.15, -0.1) is 0 Å². The van der Waals surface area contributed by atoms with Crippen LogP contribution in [0.15, 0.2) is 24.3 Å². The van der Waals surface area contributed by atoms with Crippen LogP contribution < -0.4 is 10.5 Å². The maximum Gasteiger partial charge on any atom is 0.246 e. The van der Waals surface area contributed by atoms with Crippen LogP contribution in [0.4, 0.5) is 0 Å². The van der Waals surface area contributed by atoms with Crippen molar-refractivity contribution in [3.8, 4) is 5.75 Å². The summed E-state index contributed by atoms with van der Waals surface area (Å²) >= 11 is 0. The first-order valence-corrected chi connectivity index (χ1v) is 8.35. The van der Waals surface area contributed by atoms with E-state index in [2.05, 4.69) is 6.07 Å². The number of carbonyl (C=O) groups excluding carboxylic acids is 2. The first kappa shape index (κ1) is 16.5. The normalized spacial score (nSPS) is 18.2. The lowest BCUT2D eigenvalue weighted by atomic mass is 10.1. The third-order valence-corrected chi connectivity index (χ3v) is 4.41. The summed E-state index contributed by atoms with van der Waals surface area (Å²) in [5, 5.41) is 0. The van der Waals surface area contributed by atoms with Crippen LogP contribution in [-0.4, -0.2) is 60.9 Å². The number of nitrogens with two attached hydrogens (primary N) is 1. The zero-order valence-electron chi connectivity index (χ0n) is 13.7. The summed E-state index contributed by atoms with van der Waals surface area (Å²) in [5.41, 5.74) is 7.45. The number of carbonyl (C=O) groups is 2. The topological polar surface area (TPSA) is 75.9 Å². The van der Waals surface area contributed by atoms with E-state index in [1.807, 2.05) is 28.0 Å². The molecule has 2 N–H and O–H groups in total. The standard InChI is InChI=1S/C18H23N3O3/c19-17(22)13-20-7-1-8-21(10-9-20)18(23)5-3-14-2-4-16-15(12-14)6-11-24-16/h2-5,12H,1,6-11,13H2,(H2,19,22)/b5-3-. The quantitative estimate of drug-likeness (QED) is 0.823. The van der Waals surface area contributed by atoms with Crippen molar-refractivity contribution >= 4 is 17.9 Å². The van der Waals surface area contributed by atoms with Gasteiger partial charge in [-0.2, -0.15) is 0 Å². The Bertz CT molecular complexity index is 657. The summed E-state index contributed by atoms with van der Waals surface area (Å²) in [5.74, 6) is 0.628. The highest BCUT2D eigenvalue weighted by Gasteiger charge is 2.18. The van der Waals surface area contributed by atoms with Gasteiger partial charge in [0.15, 0.2) is 0 Å². The van der Waals surface area contributed by atoms with E-state index in [4.69, 9.17) is 10.5 Å². The van der Waals surface area contributed by atoms with Crippen LogP contribution in [-0.2, 0) is 16.0 Å². The number of amides is 2. The van der Waals surface area contributed by atoms with Crippen LogP contribution in [0.3, 0.4) is 0 Å². The fourth-order valence-corrected chi connectivity index (χ4v) is 3.15. The Labute approximate surface area is 141 Å². The van der Waals surface area contributed by atoms with E-state index >= 15 is 0 Å². The molecule has 0 atom stereocenters. The highest BCUT2D eigenvalue weighted by Crippen LogP contribution is 2.26. The Kier molecular flexibility index (Phi) is 5.15. The predicted octanol–water partition coefficient (Wildman–Crippen LogP) is 0.654. The van der Waals surface area contributed by atoms with Gasteiger partial charge in [0.2, 0.25) is 11.8 Å². The number of rotatable bonds is 4. The van der Waals surface area contributed by atoms with Gasteiger partial charge in [-0.3, -0.25) is 14.5 Å². The van der Waals surface area contributed by atoms with E-state index in [-0.39, 0.29) is 18.4 Å². The monoisotopic (exact) mass is 329 g/mol. The van der Waals surface area contributed by atoms with Crippen molar-refractivity contribution in [1.29, 1.82) is 0 Å². The van der Waals surface area contributed by atoms with E-state index in [9.17, 15) is 9.59 Å². The minimum absolute atomic E-state index is 0.00711. The van der Waals surface area contributed by atoms with Gasteiger partial charge in [0, 0.05) is 38.7 Å². The summed E-state index contributed by atoms with van der Waals surface area (Å²) in [7, 11) is 0. The maximum atomic E-state index is 12.4. The molecule has 2 amide bonds. The first-order chi connectivity index (χ1) is 11.6. The number of benzene rings is 1. The Morgan fingerprint density at radius 3 is 2.92 bits per heavy atom. The molecule has 0 saturated carbocycles. The van der Waals surface area contributed by atoms with Crippen molar-refractivity contribution in [3.63, 3.8) is 0 Å². The first-order valence-electron chi connectivity index (χ1n) is 8.35. The zero-order valence-corrected chi connectivity index (χ0v) is 13.7. The molecule has 6 nitrogen and oxygen atoms in total. The molecule has 0 radical (unpaired) electrons. The third kappa shape index (κ3) is 4.14. The molecule has 1 aromatic rings. The van der Waals surface area contributed by atoms with Gasteiger partial charge in [-0.1, -0.05) is 6.07 Å². The van der Waals surface area contributed by atoms with Gasteiger partial charge < -0.3 is 15.4 Å². The van der Waals surface area contributed by atoms with Crippen molar-refractivity contribution in [1.82, 2.24) is 9.80 Å². The SMILES string of the molecule is NC(=O)CN1CCCN(C(=O)/C=C\c2ccc3c(c2)CCO3)CC1. The van der Waals surface area contributed by atoms with Crippen molar-refractivity contribution < 1.29 is 14.3 Å². The molecule has 0 spiro atoms. The lowest BCUT2D eigenvalue weighted by molar-refractivity contribution is -0.125. The summed E-state index contributed by atoms with van der Waals surface area (Å²) in [6.07, 6.45) is 5.25. The van der Waals surface area contributed by atoms with E-state index in [0.29, 0.717) is 19.6 Å². The predicted molar refractivity (Wildman–Crippen MR) is 91.5 cm³/mol. The molecular formula is C18H23N3O3. The minimum Gasteiger partial charge on any atom is -0.493 e. The molecule has 1 fully saturated rings. The van der Waals surface area contributed by atoms with Gasteiger partial charge in [0.25, 0.3) is 0 Å². The third-order valence-electron chi connectivity index (χ3n) is 4.41. The highest BCUT2D eigenvalue weighted by atomic mass is 16.5. The molecule has 1 aromatic carbocycles. The molecule has 24 heavy (non-hydrogen) atoms. The van der Waals surface area contributed by atoms with Crippen LogP contribution >= 0.6 is 0 Å². The Morgan fingerprint density at radius 1 is 1.21 bits per heavy atom. The van der Waals surface area contributed by atoms with Gasteiger partial charge in [-0.25, -0.2) is 0 Å². The number of ether oxygens (including phenoxy) is 1. The van der Waals surface area contributed by atoms with E-state index in [0.717, 1.165) is 37.3 Å². The Morgan fingerprint density at radius 2 is 2.08 bits per heavy atom. The summed E-state index contributed by atoms with van der Waals surface area (Å²) in [4.78, 5) is 27.2. The second kappa shape index (κ2) is 7.49. The average molecular weight is 329 g/mol. The lowest BCUT2D eigenvalue weighted by Crippen LogP contribution is -2.37. The van der Waals surface area contributed by atoms with Crippen molar-refractivity contribution in [2.24, 2.45) is 5.73 Å². The van der Waals surface area contributed by atoms with E-state index in [1.165, 1.54) is 5.56 Å². The molecule has 2 aliphatic rings. The molecule has 0 aliphatic carbocycles. The van der Waals surface area contributed by atoms with Crippen LogP contribution in [0.5, 0.6) is 5.75 Å². The van der Waals surface area contributed by atoms with Crippen molar-refractivity contribution in [2.45, 2.75) is 12.8 Å². The fraction of sp³-hybridized carbons (Fsp3) is 0.444. The number of hydrogen-bond acceptors (Lipinski definition) is 4. The van der Waals surface area contributed by atoms with Gasteiger partial charge in [0.05, 0.1) is 13.2 Å². The minimum atomic E-state index is -0.324. The molecule has 1 saturated heterocycles. The molecule has 0 unspecified atom stereocenters. The van der Waals surface area contributed by atoms with Crippen LogP contribution in [0.1, 0.15) is 17.5 Å². The van der Waals surface area contributed by atoms with Crippen molar-refractivity contribution in [2.75, 3.05) is 39.3 Å². The maximum absolute atomic E-state index is 12.4. The smallest absolute Gasteiger partial charge is 0.246 e. The summed E-state index contributed by atoms with van der Waals surface area (Å²) < 4.78 is 5.49. The van der Waals surface area contributed by atoms with Gasteiger partial charge >= 0.3 is 0 Å². The molecule has 2 heterocycles. The average Bonchev–Trinajstić information content (AvgIpc) is 2.90. The Hall–Kier alpha value is -2.34. The van der Waals surface area contributed by atoms with Gasteiger partial charge in [0.1, 0.15) is 5.75 Å². The molecule has 6 heteroatoms. The van der Waals surface area contributed by atoms with Crippen LogP contribution in [0.25, 0.3) is 6.08 Å². The molecule has 2 aliphatic heterocycles. The number of hydrogen-bond donors (Lipinski definition) is 1. The number of primary amides is 1. The van der Waals surface area contributed by atoms with Crippen molar-refractivity contribution in [3.05, 3.63) is 35.4 Å². The number of fused-ring (bicyclic) bond motifs is 1. The second-order valence-corrected chi connectivity index (χ2v) is 6.22. The van der Waals surface area contributed by atoms with Gasteiger partial charge in [-0.05, 0) is 35.8 Å². The largest absolute Gasteiger partial charge is 0.493 e. The molecule has 3 rings (SSSR count). The molecule has 0 aromatic heterocycles. The van der Waals surface area contributed by atoms with E-state index in [1.54, 1.807) is 6.08 Å². The second-order valence-electron chi connectivity index (χ2n) is 6.22. The molecular weight excluding hydrogens is 306 g/mol. The van der Waals surface area contributed by atoms with Crippen LogP contribution in [0.2, 0.25) is 0 Å². The summed E-state index contributed by atoms with van der Waals surface area (Å²) in [6, 6.07) is 5.99. The Balaban J connectivity index is 1.57. The van der Waals surface area contributed by atoms with E-state index < -0.39 is 0 Å². The fourth-order valence-electron chi connectivity index (χ4n) is 3.15. The zero-order chi connectivity index (χ0) is 16.9. The molecule has 0 bridgehead atoms. The number of nitrogens with zero attached hydrogens (tertiary/aromatic N) is 2. The summed E-state index contributed by atoms with van der Waals surface area (Å²) in [6.45, 7) is 3.79.